The molecule has 0 saturated carbocycles. The number of carbonyl (C=O) groups is 1. The van der Waals surface area contributed by atoms with Crippen molar-refractivity contribution >= 4 is 46.4 Å². The molecule has 106 valence electrons. The first-order valence-corrected chi connectivity index (χ1v) is 6.69. The van der Waals surface area contributed by atoms with E-state index in [0.717, 1.165) is 12.1 Å². The van der Waals surface area contributed by atoms with E-state index < -0.39 is 17.5 Å². The lowest BCUT2D eigenvalue weighted by atomic mass is 10.0. The van der Waals surface area contributed by atoms with Gasteiger partial charge in [-0.3, -0.25) is 4.79 Å². The lowest BCUT2D eigenvalue weighted by molar-refractivity contribution is -0.110. The van der Waals surface area contributed by atoms with Crippen molar-refractivity contribution in [2.45, 2.75) is 0 Å². The molecule has 0 fully saturated rings. The molecule has 0 spiro atoms. The Morgan fingerprint density at radius 3 is 2.62 bits per heavy atom. The summed E-state index contributed by atoms with van der Waals surface area (Å²) in [6.07, 6.45) is 1.26. The lowest BCUT2D eigenvalue weighted by Gasteiger charge is -2.02. The smallest absolute Gasteiger partial charge is 0.256 e. The number of benzene rings is 2. The fourth-order valence-corrected chi connectivity index (χ4v) is 2.53. The van der Waals surface area contributed by atoms with Crippen molar-refractivity contribution in [3.8, 4) is 0 Å². The second kappa shape index (κ2) is 5.13. The van der Waals surface area contributed by atoms with Crippen LogP contribution in [0, 0.1) is 11.6 Å². The summed E-state index contributed by atoms with van der Waals surface area (Å²) in [4.78, 5) is 12.0. The van der Waals surface area contributed by atoms with Crippen LogP contribution < -0.4 is 5.32 Å². The van der Waals surface area contributed by atoms with Crippen molar-refractivity contribution in [3.63, 3.8) is 0 Å². The zero-order valence-electron chi connectivity index (χ0n) is 10.4. The Bertz CT molecular complexity index is 803. The zero-order valence-corrected chi connectivity index (χ0v) is 11.9. The fraction of sp³-hybridized carbons (Fsp3) is 0. The molecular weight excluding hydrogens is 319 g/mol. The third kappa shape index (κ3) is 2.52. The molecule has 6 heteroatoms. The summed E-state index contributed by atoms with van der Waals surface area (Å²) in [5.41, 5.74) is 1.24. The van der Waals surface area contributed by atoms with Crippen LogP contribution in [0.1, 0.15) is 11.1 Å². The van der Waals surface area contributed by atoms with E-state index in [-0.39, 0.29) is 16.2 Å². The Kier molecular flexibility index (Phi) is 3.43. The first-order valence-electron chi connectivity index (χ1n) is 5.93. The maximum absolute atomic E-state index is 13.9. The maximum atomic E-state index is 13.9. The van der Waals surface area contributed by atoms with Gasteiger partial charge >= 0.3 is 0 Å². The van der Waals surface area contributed by atoms with E-state index in [1.165, 1.54) is 6.08 Å². The van der Waals surface area contributed by atoms with E-state index in [1.54, 1.807) is 18.2 Å². The average Bonchev–Trinajstić information content (AvgIpc) is 2.71. The monoisotopic (exact) mass is 325 g/mol. The molecule has 0 saturated heterocycles. The standard InChI is InChI=1S/C15H7Cl2F2NO/c16-8-1-2-10-11(15(21)20-13(10)5-8)4-7-3-9(18)6-12(17)14(7)19/h1-6H,(H,20,21). The van der Waals surface area contributed by atoms with Crippen LogP contribution in [0.3, 0.4) is 0 Å². The summed E-state index contributed by atoms with van der Waals surface area (Å²) >= 11 is 11.4. The number of anilines is 1. The molecule has 1 N–H and O–H groups in total. The number of carbonyl (C=O) groups excluding carboxylic acids is 1. The molecule has 0 aliphatic carbocycles. The quantitative estimate of drug-likeness (QED) is 0.594. The number of halogens is 4. The van der Waals surface area contributed by atoms with Crippen molar-refractivity contribution in [2.24, 2.45) is 0 Å². The van der Waals surface area contributed by atoms with Gasteiger partial charge in [0, 0.05) is 21.7 Å². The van der Waals surface area contributed by atoms with E-state index in [1.807, 2.05) is 0 Å². The maximum Gasteiger partial charge on any atom is 0.256 e. The van der Waals surface area contributed by atoms with Crippen LogP contribution in [0.2, 0.25) is 10.0 Å². The molecule has 0 bridgehead atoms. The minimum Gasteiger partial charge on any atom is -0.321 e. The van der Waals surface area contributed by atoms with Gasteiger partial charge in [-0.05, 0) is 30.3 Å². The number of fused-ring (bicyclic) bond motifs is 1. The van der Waals surface area contributed by atoms with Gasteiger partial charge in [0.05, 0.1) is 10.7 Å². The van der Waals surface area contributed by atoms with Crippen molar-refractivity contribution in [1.82, 2.24) is 0 Å². The molecule has 1 heterocycles. The van der Waals surface area contributed by atoms with Gasteiger partial charge in [-0.1, -0.05) is 29.3 Å². The highest BCUT2D eigenvalue weighted by molar-refractivity contribution is 6.36. The van der Waals surface area contributed by atoms with Crippen LogP contribution in [0.5, 0.6) is 0 Å². The third-order valence-corrected chi connectivity index (χ3v) is 3.60. The molecule has 2 aromatic rings. The first kappa shape index (κ1) is 14.0. The molecule has 3 rings (SSSR count). The van der Waals surface area contributed by atoms with Crippen molar-refractivity contribution in [2.75, 3.05) is 5.32 Å². The van der Waals surface area contributed by atoms with Crippen LogP contribution in [0.4, 0.5) is 14.5 Å². The number of rotatable bonds is 1. The summed E-state index contributed by atoms with van der Waals surface area (Å²) in [7, 11) is 0. The van der Waals surface area contributed by atoms with Gasteiger partial charge in [0.15, 0.2) is 0 Å². The van der Waals surface area contributed by atoms with E-state index in [2.05, 4.69) is 5.32 Å². The molecular formula is C15H7Cl2F2NO. The summed E-state index contributed by atoms with van der Waals surface area (Å²) in [6.45, 7) is 0. The highest BCUT2D eigenvalue weighted by atomic mass is 35.5. The SMILES string of the molecule is O=C1Nc2cc(Cl)ccc2C1=Cc1cc(F)cc(Cl)c1F. The molecule has 1 amide bonds. The highest BCUT2D eigenvalue weighted by Crippen LogP contribution is 2.35. The minimum atomic E-state index is -0.777. The zero-order chi connectivity index (χ0) is 15.1. The second-order valence-corrected chi connectivity index (χ2v) is 5.34. The van der Waals surface area contributed by atoms with E-state index in [4.69, 9.17) is 23.2 Å². The van der Waals surface area contributed by atoms with Crippen LogP contribution >= 0.6 is 23.2 Å². The van der Waals surface area contributed by atoms with Gasteiger partial charge in [-0.25, -0.2) is 8.78 Å². The summed E-state index contributed by atoms with van der Waals surface area (Å²) in [5.74, 6) is -1.86. The Balaban J connectivity index is 2.16. The van der Waals surface area contributed by atoms with E-state index in [0.29, 0.717) is 16.3 Å². The molecule has 21 heavy (non-hydrogen) atoms. The summed E-state index contributed by atoms with van der Waals surface area (Å²) in [6, 6.07) is 6.70. The van der Waals surface area contributed by atoms with Crippen molar-refractivity contribution in [3.05, 3.63) is 63.1 Å². The van der Waals surface area contributed by atoms with E-state index >= 15 is 0 Å². The van der Waals surface area contributed by atoms with Crippen LogP contribution in [-0.4, -0.2) is 5.91 Å². The summed E-state index contributed by atoms with van der Waals surface area (Å²) in [5, 5.41) is 2.75. The predicted molar refractivity (Wildman–Crippen MR) is 79.3 cm³/mol. The van der Waals surface area contributed by atoms with Crippen molar-refractivity contribution in [1.29, 1.82) is 0 Å². The van der Waals surface area contributed by atoms with Gasteiger partial charge in [-0.2, -0.15) is 0 Å². The minimum absolute atomic E-state index is 0.0899. The normalized spacial score (nSPS) is 15.2. The molecule has 2 nitrogen and oxygen atoms in total. The van der Waals surface area contributed by atoms with Gasteiger partial charge in [0.2, 0.25) is 0 Å². The predicted octanol–water partition coefficient (Wildman–Crippen LogP) is 4.76. The molecule has 1 aliphatic rings. The molecule has 0 radical (unpaired) electrons. The largest absolute Gasteiger partial charge is 0.321 e. The van der Waals surface area contributed by atoms with Crippen LogP contribution in [-0.2, 0) is 4.79 Å². The Labute approximate surface area is 129 Å². The average molecular weight is 326 g/mol. The molecule has 0 unspecified atom stereocenters. The van der Waals surface area contributed by atoms with Gasteiger partial charge in [-0.15, -0.1) is 0 Å². The Morgan fingerprint density at radius 1 is 1.10 bits per heavy atom. The molecule has 0 atom stereocenters. The molecule has 1 aliphatic heterocycles. The van der Waals surface area contributed by atoms with Gasteiger partial charge in [0.1, 0.15) is 11.6 Å². The number of amides is 1. The van der Waals surface area contributed by atoms with Gasteiger partial charge in [0.25, 0.3) is 5.91 Å². The third-order valence-electron chi connectivity index (χ3n) is 3.09. The number of nitrogens with one attached hydrogen (secondary N) is 1. The Morgan fingerprint density at radius 2 is 1.86 bits per heavy atom. The number of hydrogen-bond donors (Lipinski definition) is 1. The number of hydrogen-bond acceptors (Lipinski definition) is 1. The lowest BCUT2D eigenvalue weighted by Crippen LogP contribution is -2.03. The Hall–Kier alpha value is -1.91. The van der Waals surface area contributed by atoms with Crippen LogP contribution in [0.25, 0.3) is 11.6 Å². The van der Waals surface area contributed by atoms with Gasteiger partial charge < -0.3 is 5.32 Å². The topological polar surface area (TPSA) is 29.1 Å². The van der Waals surface area contributed by atoms with Crippen LogP contribution in [0.15, 0.2) is 30.3 Å². The molecule has 0 aromatic heterocycles. The second-order valence-electron chi connectivity index (χ2n) is 4.49. The highest BCUT2D eigenvalue weighted by Gasteiger charge is 2.24. The fourth-order valence-electron chi connectivity index (χ4n) is 2.15. The van der Waals surface area contributed by atoms with E-state index in [9.17, 15) is 13.6 Å². The first-order chi connectivity index (χ1) is 9.95. The summed E-state index contributed by atoms with van der Waals surface area (Å²) < 4.78 is 27.2. The van der Waals surface area contributed by atoms with Crippen molar-refractivity contribution < 1.29 is 13.6 Å². The molecule has 2 aromatic carbocycles.